The van der Waals surface area contributed by atoms with Crippen molar-refractivity contribution in [2.75, 3.05) is 33.2 Å². The predicted molar refractivity (Wildman–Crippen MR) is 65.3 cm³/mol. The molecule has 1 rings (SSSR count). The van der Waals surface area contributed by atoms with Crippen LogP contribution in [0.3, 0.4) is 0 Å². The van der Waals surface area contributed by atoms with Crippen molar-refractivity contribution in [2.24, 2.45) is 5.92 Å². The van der Waals surface area contributed by atoms with Gasteiger partial charge in [0, 0.05) is 13.1 Å². The lowest BCUT2D eigenvalue weighted by atomic mass is 10.1. The monoisotopic (exact) mass is 259 g/mol. The molecule has 0 aromatic heterocycles. The van der Waals surface area contributed by atoms with Crippen molar-refractivity contribution in [3.05, 3.63) is 0 Å². The van der Waals surface area contributed by atoms with Gasteiger partial charge in [-0.3, -0.25) is 0 Å². The van der Waals surface area contributed by atoms with Gasteiger partial charge in [0.05, 0.1) is 6.54 Å². The van der Waals surface area contributed by atoms with E-state index < -0.39 is 17.6 Å². The predicted octanol–water partition coefficient (Wildman–Crippen LogP) is -0.927. The van der Waals surface area contributed by atoms with Crippen LogP contribution < -0.4 is 10.6 Å². The Morgan fingerprint density at radius 2 is 2.11 bits per heavy atom. The number of rotatable bonds is 5. The molecular formula is C11H21N3O4. The molecule has 2 amide bonds. The summed E-state index contributed by atoms with van der Waals surface area (Å²) in [4.78, 5) is 24.2. The van der Waals surface area contributed by atoms with Crippen molar-refractivity contribution in [3.8, 4) is 0 Å². The van der Waals surface area contributed by atoms with E-state index in [0.29, 0.717) is 12.5 Å². The Morgan fingerprint density at radius 1 is 1.44 bits per heavy atom. The molecular weight excluding hydrogens is 238 g/mol. The molecule has 1 aliphatic heterocycles. The summed E-state index contributed by atoms with van der Waals surface area (Å²) >= 11 is 0. The van der Waals surface area contributed by atoms with Crippen molar-refractivity contribution < 1.29 is 19.8 Å². The maximum atomic E-state index is 11.4. The second kappa shape index (κ2) is 6.01. The lowest BCUT2D eigenvalue weighted by molar-refractivity contribution is -0.155. The lowest BCUT2D eigenvalue weighted by Gasteiger charge is -2.19. The summed E-state index contributed by atoms with van der Waals surface area (Å²) in [5.41, 5.74) is -1.94. The number of carbonyl (C=O) groups is 2. The van der Waals surface area contributed by atoms with Gasteiger partial charge in [-0.25, -0.2) is 9.59 Å². The summed E-state index contributed by atoms with van der Waals surface area (Å²) in [6.07, 6.45) is 1.05. The summed E-state index contributed by atoms with van der Waals surface area (Å²) in [6, 6.07) is -0.453. The van der Waals surface area contributed by atoms with Crippen LogP contribution in [0.2, 0.25) is 0 Å². The molecule has 0 spiro atoms. The number of carbonyl (C=O) groups excluding carboxylic acids is 1. The highest BCUT2D eigenvalue weighted by atomic mass is 16.4. The third kappa shape index (κ3) is 4.50. The SMILES string of the molecule is CN1CCC(CNC(=O)NCC(C)(O)C(=O)O)C1. The Morgan fingerprint density at radius 3 is 2.61 bits per heavy atom. The maximum Gasteiger partial charge on any atom is 0.337 e. The normalized spacial score (nSPS) is 23.4. The Balaban J connectivity index is 2.20. The fraction of sp³-hybridized carbons (Fsp3) is 0.818. The summed E-state index contributed by atoms with van der Waals surface area (Å²) in [5, 5.41) is 23.1. The van der Waals surface area contributed by atoms with Gasteiger partial charge in [0.15, 0.2) is 5.60 Å². The molecule has 0 aromatic rings. The molecule has 7 heteroatoms. The quantitative estimate of drug-likeness (QED) is 0.511. The summed E-state index contributed by atoms with van der Waals surface area (Å²) < 4.78 is 0. The molecule has 1 heterocycles. The molecule has 1 saturated heterocycles. The fourth-order valence-electron chi connectivity index (χ4n) is 1.82. The number of carboxylic acid groups (broad SMARTS) is 1. The van der Waals surface area contributed by atoms with Crippen LogP contribution in [-0.2, 0) is 4.79 Å². The van der Waals surface area contributed by atoms with Gasteiger partial charge in [0.25, 0.3) is 0 Å². The zero-order valence-corrected chi connectivity index (χ0v) is 10.8. The van der Waals surface area contributed by atoms with Crippen LogP contribution in [0, 0.1) is 5.92 Å². The lowest BCUT2D eigenvalue weighted by Crippen LogP contribution is -2.49. The number of aliphatic carboxylic acids is 1. The van der Waals surface area contributed by atoms with Crippen molar-refractivity contribution in [1.82, 2.24) is 15.5 Å². The standard InChI is InChI=1S/C11H21N3O4/c1-11(18,9(15)16)7-13-10(17)12-5-8-3-4-14(2)6-8/h8,18H,3-7H2,1-2H3,(H,15,16)(H2,12,13,17). The first-order chi connectivity index (χ1) is 8.31. The number of nitrogens with one attached hydrogen (secondary N) is 2. The zero-order valence-electron chi connectivity index (χ0n) is 10.8. The van der Waals surface area contributed by atoms with Crippen LogP contribution in [0.25, 0.3) is 0 Å². The average Bonchev–Trinajstić information content (AvgIpc) is 2.69. The van der Waals surface area contributed by atoms with E-state index in [0.717, 1.165) is 26.4 Å². The topological polar surface area (TPSA) is 102 Å². The highest BCUT2D eigenvalue weighted by molar-refractivity contribution is 5.79. The van der Waals surface area contributed by atoms with Crippen molar-refractivity contribution in [2.45, 2.75) is 18.9 Å². The highest BCUT2D eigenvalue weighted by Gasteiger charge is 2.30. The molecule has 2 atom stereocenters. The summed E-state index contributed by atoms with van der Waals surface area (Å²) in [7, 11) is 2.03. The third-order valence-electron chi connectivity index (χ3n) is 3.09. The van der Waals surface area contributed by atoms with Gasteiger partial charge in [-0.1, -0.05) is 0 Å². The first-order valence-electron chi connectivity index (χ1n) is 5.97. The molecule has 0 aliphatic carbocycles. The second-order valence-corrected chi connectivity index (χ2v) is 5.06. The van der Waals surface area contributed by atoms with Crippen molar-refractivity contribution in [1.29, 1.82) is 0 Å². The Hall–Kier alpha value is -1.34. The number of amides is 2. The van der Waals surface area contributed by atoms with Gasteiger partial charge in [-0.15, -0.1) is 0 Å². The van der Waals surface area contributed by atoms with Gasteiger partial charge < -0.3 is 25.7 Å². The average molecular weight is 259 g/mol. The number of aliphatic hydroxyl groups is 1. The number of urea groups is 1. The molecule has 2 unspecified atom stereocenters. The van der Waals surface area contributed by atoms with Crippen LogP contribution >= 0.6 is 0 Å². The summed E-state index contributed by atoms with van der Waals surface area (Å²) in [6.45, 7) is 3.36. The molecule has 0 bridgehead atoms. The van der Waals surface area contributed by atoms with Crippen LogP contribution in [0.5, 0.6) is 0 Å². The van der Waals surface area contributed by atoms with E-state index in [9.17, 15) is 14.7 Å². The molecule has 1 aliphatic rings. The minimum atomic E-state index is -1.94. The van der Waals surface area contributed by atoms with E-state index in [2.05, 4.69) is 15.5 Å². The molecule has 0 radical (unpaired) electrons. The largest absolute Gasteiger partial charge is 0.479 e. The smallest absolute Gasteiger partial charge is 0.337 e. The van der Waals surface area contributed by atoms with Crippen LogP contribution in [0.4, 0.5) is 4.79 Å². The Labute approximate surface area is 106 Å². The first kappa shape index (κ1) is 14.7. The molecule has 18 heavy (non-hydrogen) atoms. The zero-order chi connectivity index (χ0) is 13.8. The number of hydrogen-bond donors (Lipinski definition) is 4. The molecule has 1 fully saturated rings. The molecule has 104 valence electrons. The second-order valence-electron chi connectivity index (χ2n) is 5.06. The van der Waals surface area contributed by atoms with E-state index in [1.165, 1.54) is 0 Å². The van der Waals surface area contributed by atoms with Gasteiger partial charge in [0.1, 0.15) is 0 Å². The van der Waals surface area contributed by atoms with Crippen LogP contribution in [0.15, 0.2) is 0 Å². The molecule has 4 N–H and O–H groups in total. The number of nitrogens with zero attached hydrogens (tertiary/aromatic N) is 1. The first-order valence-corrected chi connectivity index (χ1v) is 5.97. The van der Waals surface area contributed by atoms with E-state index in [-0.39, 0.29) is 6.54 Å². The van der Waals surface area contributed by atoms with Gasteiger partial charge in [-0.05, 0) is 32.9 Å². The fourth-order valence-corrected chi connectivity index (χ4v) is 1.82. The molecule has 0 aromatic carbocycles. The Bertz CT molecular complexity index is 319. The minimum Gasteiger partial charge on any atom is -0.479 e. The van der Waals surface area contributed by atoms with Crippen LogP contribution in [0.1, 0.15) is 13.3 Å². The summed E-state index contributed by atoms with van der Waals surface area (Å²) in [5.74, 6) is -0.930. The third-order valence-corrected chi connectivity index (χ3v) is 3.09. The van der Waals surface area contributed by atoms with E-state index >= 15 is 0 Å². The van der Waals surface area contributed by atoms with Gasteiger partial charge >= 0.3 is 12.0 Å². The van der Waals surface area contributed by atoms with Crippen molar-refractivity contribution in [3.63, 3.8) is 0 Å². The van der Waals surface area contributed by atoms with E-state index in [1.54, 1.807) is 0 Å². The number of likely N-dealkylation sites (tertiary alicyclic amines) is 1. The number of carboxylic acids is 1. The molecule has 0 saturated carbocycles. The van der Waals surface area contributed by atoms with Crippen molar-refractivity contribution >= 4 is 12.0 Å². The van der Waals surface area contributed by atoms with E-state index in [4.69, 9.17) is 5.11 Å². The van der Waals surface area contributed by atoms with Crippen LogP contribution in [-0.4, -0.2) is 65.9 Å². The minimum absolute atomic E-state index is 0.321. The van der Waals surface area contributed by atoms with E-state index in [1.807, 2.05) is 7.05 Å². The van der Waals surface area contributed by atoms with Gasteiger partial charge in [-0.2, -0.15) is 0 Å². The number of hydrogen-bond acceptors (Lipinski definition) is 4. The van der Waals surface area contributed by atoms with Gasteiger partial charge in [0.2, 0.25) is 0 Å². The Kier molecular flexibility index (Phi) is 4.92. The molecule has 7 nitrogen and oxygen atoms in total. The maximum absolute atomic E-state index is 11.4. The highest BCUT2D eigenvalue weighted by Crippen LogP contribution is 2.12.